The van der Waals surface area contributed by atoms with E-state index < -0.39 is 0 Å². The summed E-state index contributed by atoms with van der Waals surface area (Å²) < 4.78 is 0. The predicted octanol–water partition coefficient (Wildman–Crippen LogP) is -0.542. The van der Waals surface area contributed by atoms with E-state index in [9.17, 15) is 4.79 Å². The van der Waals surface area contributed by atoms with Gasteiger partial charge in [-0.25, -0.2) is 4.79 Å². The van der Waals surface area contributed by atoms with Crippen molar-refractivity contribution in [2.75, 3.05) is 14.1 Å². The maximum absolute atomic E-state index is 10.7. The lowest BCUT2D eigenvalue weighted by Gasteiger charge is -2.00. The summed E-state index contributed by atoms with van der Waals surface area (Å²) in [6, 6.07) is 0. The predicted molar refractivity (Wildman–Crippen MR) is 32.7 cm³/mol. The standard InChI is InChI=1S/C6H13NO/c1-4-5-6(8)7(2)3/h4-5H2,1-3H3/p+1. The number of amides is 1. The van der Waals surface area contributed by atoms with Crippen LogP contribution in [-0.2, 0) is 4.79 Å². The van der Waals surface area contributed by atoms with E-state index in [-0.39, 0.29) is 0 Å². The van der Waals surface area contributed by atoms with Crippen LogP contribution >= 0.6 is 0 Å². The Kier molecular flexibility index (Phi) is 3.44. The molecule has 2 nitrogen and oxygen atoms in total. The third-order valence-electron chi connectivity index (χ3n) is 1.03. The number of hydrogen-bond acceptors (Lipinski definition) is 1. The van der Waals surface area contributed by atoms with E-state index in [1.54, 1.807) is 0 Å². The number of carbonyl (C=O) groups is 1. The molecule has 0 saturated heterocycles. The van der Waals surface area contributed by atoms with E-state index in [1.165, 1.54) is 0 Å². The Morgan fingerprint density at radius 3 is 2.12 bits per heavy atom. The van der Waals surface area contributed by atoms with Crippen LogP contribution in [0.25, 0.3) is 0 Å². The average molecular weight is 116 g/mol. The van der Waals surface area contributed by atoms with Crippen molar-refractivity contribution in [2.45, 2.75) is 19.8 Å². The van der Waals surface area contributed by atoms with Crippen molar-refractivity contribution < 1.29 is 9.69 Å². The molecule has 0 fully saturated rings. The lowest BCUT2D eigenvalue weighted by atomic mass is 10.3. The summed E-state index contributed by atoms with van der Waals surface area (Å²) in [4.78, 5) is 11.6. The van der Waals surface area contributed by atoms with Gasteiger partial charge < -0.3 is 0 Å². The third kappa shape index (κ3) is 2.75. The van der Waals surface area contributed by atoms with Crippen LogP contribution in [0, 0.1) is 0 Å². The van der Waals surface area contributed by atoms with E-state index >= 15 is 0 Å². The highest BCUT2D eigenvalue weighted by molar-refractivity contribution is 5.66. The van der Waals surface area contributed by atoms with Crippen molar-refractivity contribution >= 4 is 5.91 Å². The highest BCUT2D eigenvalue weighted by Crippen LogP contribution is 1.80. The summed E-state index contributed by atoms with van der Waals surface area (Å²) in [7, 11) is 3.72. The molecule has 0 unspecified atom stereocenters. The molecule has 0 aliphatic heterocycles. The van der Waals surface area contributed by atoms with Crippen molar-refractivity contribution in [2.24, 2.45) is 0 Å². The fourth-order valence-electron chi connectivity index (χ4n) is 0.477. The second-order valence-corrected chi connectivity index (χ2v) is 2.17. The minimum absolute atomic E-state index is 0.299. The van der Waals surface area contributed by atoms with Crippen molar-refractivity contribution in [1.29, 1.82) is 0 Å². The van der Waals surface area contributed by atoms with Crippen LogP contribution in [0.5, 0.6) is 0 Å². The number of nitrogens with one attached hydrogen (secondary N) is 1. The molecule has 1 amide bonds. The first kappa shape index (κ1) is 7.63. The summed E-state index contributed by atoms with van der Waals surface area (Å²) >= 11 is 0. The first-order valence-corrected chi connectivity index (χ1v) is 3.01. The largest absolute Gasteiger partial charge is 0.311 e. The zero-order valence-corrected chi connectivity index (χ0v) is 5.82. The van der Waals surface area contributed by atoms with Crippen LogP contribution in [0.2, 0.25) is 0 Å². The number of quaternary nitrogens is 1. The molecular weight excluding hydrogens is 102 g/mol. The Balaban J connectivity index is 3.33. The monoisotopic (exact) mass is 116 g/mol. The Labute approximate surface area is 50.5 Å². The molecule has 0 bridgehead atoms. The summed E-state index contributed by atoms with van der Waals surface area (Å²) in [5.41, 5.74) is 0. The van der Waals surface area contributed by atoms with Crippen LogP contribution < -0.4 is 4.90 Å². The second-order valence-electron chi connectivity index (χ2n) is 2.17. The smallest absolute Gasteiger partial charge is 0.277 e. The molecule has 0 atom stereocenters. The van der Waals surface area contributed by atoms with Crippen LogP contribution in [0.1, 0.15) is 19.8 Å². The van der Waals surface area contributed by atoms with E-state index in [2.05, 4.69) is 0 Å². The fourth-order valence-corrected chi connectivity index (χ4v) is 0.477. The molecule has 0 saturated carbocycles. The van der Waals surface area contributed by atoms with E-state index in [0.717, 1.165) is 11.3 Å². The molecule has 2 heteroatoms. The van der Waals surface area contributed by atoms with Crippen LogP contribution in [0.4, 0.5) is 0 Å². The molecule has 0 aliphatic carbocycles. The molecule has 0 aromatic rings. The second kappa shape index (κ2) is 3.61. The molecule has 48 valence electrons. The van der Waals surface area contributed by atoms with Gasteiger partial charge in [0.1, 0.15) is 0 Å². The van der Waals surface area contributed by atoms with Gasteiger partial charge in [-0.2, -0.15) is 0 Å². The van der Waals surface area contributed by atoms with Crippen molar-refractivity contribution in [3.05, 3.63) is 0 Å². The molecule has 0 aromatic heterocycles. The van der Waals surface area contributed by atoms with E-state index in [0.29, 0.717) is 12.3 Å². The van der Waals surface area contributed by atoms with Crippen molar-refractivity contribution in [3.63, 3.8) is 0 Å². The summed E-state index contributed by atoms with van der Waals surface area (Å²) in [5.74, 6) is 0.299. The first-order chi connectivity index (χ1) is 3.68. The zero-order chi connectivity index (χ0) is 6.57. The van der Waals surface area contributed by atoms with Gasteiger partial charge in [0.05, 0.1) is 20.5 Å². The SMILES string of the molecule is CCCC(=O)[NH+](C)C. The molecule has 8 heavy (non-hydrogen) atoms. The van der Waals surface area contributed by atoms with E-state index in [4.69, 9.17) is 0 Å². The van der Waals surface area contributed by atoms with Gasteiger partial charge >= 0.3 is 5.91 Å². The highest BCUT2D eigenvalue weighted by Gasteiger charge is 2.04. The van der Waals surface area contributed by atoms with Gasteiger partial charge in [-0.05, 0) is 6.42 Å². The lowest BCUT2D eigenvalue weighted by molar-refractivity contribution is -0.775. The molecule has 0 spiro atoms. The number of rotatable bonds is 2. The van der Waals surface area contributed by atoms with Crippen LogP contribution in [0.3, 0.4) is 0 Å². The van der Waals surface area contributed by atoms with Gasteiger partial charge in [0.2, 0.25) is 0 Å². The molecule has 0 rings (SSSR count). The summed E-state index contributed by atoms with van der Waals surface area (Å²) in [6.45, 7) is 2.01. The third-order valence-corrected chi connectivity index (χ3v) is 1.03. The maximum atomic E-state index is 10.7. The topological polar surface area (TPSA) is 21.5 Å². The van der Waals surface area contributed by atoms with Gasteiger partial charge in [0.25, 0.3) is 0 Å². The molecule has 0 aromatic carbocycles. The fraction of sp³-hybridized carbons (Fsp3) is 0.833. The number of hydrogen-bond donors (Lipinski definition) is 1. The maximum Gasteiger partial charge on any atom is 0.311 e. The summed E-state index contributed by atoms with van der Waals surface area (Å²) in [6.07, 6.45) is 1.67. The average Bonchev–Trinajstić information content (AvgIpc) is 1.67. The molecule has 0 aliphatic rings. The summed E-state index contributed by atoms with van der Waals surface area (Å²) in [5, 5.41) is 0. The number of carbonyl (C=O) groups excluding carboxylic acids is 1. The Morgan fingerprint density at radius 1 is 1.50 bits per heavy atom. The van der Waals surface area contributed by atoms with Gasteiger partial charge in [0.15, 0.2) is 0 Å². The molecule has 0 radical (unpaired) electrons. The van der Waals surface area contributed by atoms with Gasteiger partial charge in [-0.15, -0.1) is 0 Å². The molecular formula is C6H14NO+. The molecule has 1 N–H and O–H groups in total. The van der Waals surface area contributed by atoms with E-state index in [1.807, 2.05) is 21.0 Å². The zero-order valence-electron chi connectivity index (χ0n) is 5.82. The van der Waals surface area contributed by atoms with Crippen LogP contribution in [-0.4, -0.2) is 20.0 Å². The van der Waals surface area contributed by atoms with Gasteiger partial charge in [-0.3, -0.25) is 4.90 Å². The highest BCUT2D eigenvalue weighted by atomic mass is 16.2. The minimum Gasteiger partial charge on any atom is -0.277 e. The van der Waals surface area contributed by atoms with Crippen molar-refractivity contribution in [1.82, 2.24) is 0 Å². The normalized spacial score (nSPS) is 10.0. The molecule has 0 heterocycles. The Morgan fingerprint density at radius 2 is 2.00 bits per heavy atom. The minimum atomic E-state index is 0.299. The van der Waals surface area contributed by atoms with Crippen LogP contribution in [0.15, 0.2) is 0 Å². The Hall–Kier alpha value is -0.370. The van der Waals surface area contributed by atoms with Gasteiger partial charge in [0, 0.05) is 0 Å². The van der Waals surface area contributed by atoms with Crippen molar-refractivity contribution in [3.8, 4) is 0 Å². The Bertz CT molecular complexity index is 78.6. The lowest BCUT2D eigenvalue weighted by Crippen LogP contribution is -3.08. The van der Waals surface area contributed by atoms with Gasteiger partial charge in [-0.1, -0.05) is 6.92 Å². The quantitative estimate of drug-likeness (QED) is 0.514. The first-order valence-electron chi connectivity index (χ1n) is 3.01.